The van der Waals surface area contributed by atoms with Gasteiger partial charge in [0.15, 0.2) is 11.5 Å². The van der Waals surface area contributed by atoms with E-state index in [1.165, 1.54) is 25.1 Å². The molecule has 1 aliphatic heterocycles. The number of carbonyl (C=O) groups is 1. The zero-order valence-corrected chi connectivity index (χ0v) is 19.0. The van der Waals surface area contributed by atoms with Crippen LogP contribution < -0.4 is 19.1 Å². The predicted molar refractivity (Wildman–Crippen MR) is 117 cm³/mol. The Balaban J connectivity index is 1.80. The monoisotopic (exact) mass is 472 g/mol. The summed E-state index contributed by atoms with van der Waals surface area (Å²) in [6.45, 7) is 4.27. The van der Waals surface area contributed by atoms with Crippen LogP contribution in [0.5, 0.6) is 11.5 Å². The van der Waals surface area contributed by atoms with Crippen molar-refractivity contribution in [3.05, 3.63) is 52.0 Å². The first-order valence-electron chi connectivity index (χ1n) is 9.22. The van der Waals surface area contributed by atoms with Gasteiger partial charge in [-0.15, -0.1) is 0 Å². The van der Waals surface area contributed by atoms with Crippen molar-refractivity contribution in [2.45, 2.75) is 25.9 Å². The second-order valence-electron chi connectivity index (χ2n) is 6.97. The summed E-state index contributed by atoms with van der Waals surface area (Å²) >= 11 is 12.0. The van der Waals surface area contributed by atoms with Crippen molar-refractivity contribution in [1.29, 1.82) is 0 Å². The first-order valence-corrected chi connectivity index (χ1v) is 11.8. The number of benzene rings is 2. The van der Waals surface area contributed by atoms with Gasteiger partial charge in [-0.25, -0.2) is 8.42 Å². The molecule has 0 fully saturated rings. The van der Waals surface area contributed by atoms with Gasteiger partial charge in [0.25, 0.3) is 0 Å². The van der Waals surface area contributed by atoms with E-state index in [4.69, 9.17) is 32.7 Å². The molecule has 2 aromatic carbocycles. The van der Waals surface area contributed by atoms with Crippen LogP contribution in [0.3, 0.4) is 0 Å². The van der Waals surface area contributed by atoms with E-state index in [0.29, 0.717) is 29.7 Å². The summed E-state index contributed by atoms with van der Waals surface area (Å²) in [6, 6.07) is 8.42. The molecule has 0 saturated heterocycles. The normalized spacial score (nSPS) is 15.2. The van der Waals surface area contributed by atoms with Gasteiger partial charge < -0.3 is 14.8 Å². The molecule has 0 bridgehead atoms. The maximum atomic E-state index is 12.9. The third-order valence-electron chi connectivity index (χ3n) is 4.67. The van der Waals surface area contributed by atoms with Gasteiger partial charge in [-0.05, 0) is 49.7 Å². The van der Waals surface area contributed by atoms with Gasteiger partial charge in [-0.3, -0.25) is 9.10 Å². The molecule has 2 atom stereocenters. The number of fused-ring (bicyclic) bond motifs is 1. The highest BCUT2D eigenvalue weighted by molar-refractivity contribution is 7.92. The molecule has 1 aliphatic rings. The molecule has 0 aliphatic carbocycles. The Labute approximate surface area is 185 Å². The summed E-state index contributed by atoms with van der Waals surface area (Å²) in [6.07, 6.45) is 1.03. The van der Waals surface area contributed by atoms with Crippen molar-refractivity contribution in [3.8, 4) is 11.5 Å². The van der Waals surface area contributed by atoms with Crippen LogP contribution in [0.2, 0.25) is 10.0 Å². The second-order valence-corrected chi connectivity index (χ2v) is 9.64. The molecular formula is C20H22Cl2N2O5S. The molecular weight excluding hydrogens is 451 g/mol. The Morgan fingerprint density at radius 2 is 1.70 bits per heavy atom. The molecule has 30 heavy (non-hydrogen) atoms. The van der Waals surface area contributed by atoms with Crippen LogP contribution in [0.25, 0.3) is 0 Å². The molecule has 3 rings (SSSR count). The molecule has 10 heteroatoms. The highest BCUT2D eigenvalue weighted by atomic mass is 35.5. The van der Waals surface area contributed by atoms with Crippen LogP contribution in [0, 0.1) is 0 Å². The van der Waals surface area contributed by atoms with E-state index in [1.54, 1.807) is 19.1 Å². The van der Waals surface area contributed by atoms with Crippen molar-refractivity contribution in [3.63, 3.8) is 0 Å². The summed E-state index contributed by atoms with van der Waals surface area (Å²) in [5.41, 5.74) is 1.06. The standard InChI is InChI=1S/C20H22Cl2N2O5S/c1-12(14-4-7-18-19(10-14)29-9-8-28-18)23-20(25)13(2)24(30(3,26)27)15-5-6-16(21)17(22)11-15/h4-7,10-13H,8-9H2,1-3H3,(H,23,25). The molecule has 0 saturated carbocycles. The predicted octanol–water partition coefficient (Wildman–Crippen LogP) is 3.80. The zero-order chi connectivity index (χ0) is 22.1. The molecule has 1 amide bonds. The van der Waals surface area contributed by atoms with Crippen LogP contribution >= 0.6 is 23.2 Å². The van der Waals surface area contributed by atoms with Crippen molar-refractivity contribution >= 4 is 44.8 Å². The number of nitrogens with zero attached hydrogens (tertiary/aromatic N) is 1. The number of carbonyl (C=O) groups excluding carboxylic acids is 1. The van der Waals surface area contributed by atoms with E-state index in [2.05, 4.69) is 5.32 Å². The summed E-state index contributed by atoms with van der Waals surface area (Å²) in [5.74, 6) is 0.801. The Hall–Kier alpha value is -2.16. The van der Waals surface area contributed by atoms with E-state index in [9.17, 15) is 13.2 Å². The lowest BCUT2D eigenvalue weighted by atomic mass is 10.1. The largest absolute Gasteiger partial charge is 0.486 e. The van der Waals surface area contributed by atoms with E-state index in [0.717, 1.165) is 16.1 Å². The van der Waals surface area contributed by atoms with Crippen molar-refractivity contribution in [2.75, 3.05) is 23.8 Å². The third-order valence-corrected chi connectivity index (χ3v) is 6.65. The SMILES string of the molecule is CC(NC(=O)C(C)N(c1ccc(Cl)c(Cl)c1)S(C)(=O)=O)c1ccc2c(c1)OCCO2. The number of ether oxygens (including phenoxy) is 2. The molecule has 1 N–H and O–H groups in total. The maximum absolute atomic E-state index is 12.9. The van der Waals surface area contributed by atoms with Gasteiger partial charge in [-0.1, -0.05) is 29.3 Å². The van der Waals surface area contributed by atoms with Gasteiger partial charge in [0.2, 0.25) is 15.9 Å². The number of amides is 1. The summed E-state index contributed by atoms with van der Waals surface area (Å²) in [4.78, 5) is 12.9. The molecule has 0 aromatic heterocycles. The number of hydrogen-bond donors (Lipinski definition) is 1. The first-order chi connectivity index (χ1) is 14.1. The van der Waals surface area contributed by atoms with Crippen LogP contribution in [-0.4, -0.2) is 39.8 Å². The Kier molecular flexibility index (Phi) is 6.69. The lowest BCUT2D eigenvalue weighted by molar-refractivity contribution is -0.122. The summed E-state index contributed by atoms with van der Waals surface area (Å²) in [5, 5.41) is 3.34. The average Bonchev–Trinajstić information content (AvgIpc) is 2.69. The fourth-order valence-electron chi connectivity index (χ4n) is 3.18. The van der Waals surface area contributed by atoms with Gasteiger partial charge >= 0.3 is 0 Å². The highest BCUT2D eigenvalue weighted by Gasteiger charge is 2.30. The molecule has 7 nitrogen and oxygen atoms in total. The fraction of sp³-hybridized carbons (Fsp3) is 0.350. The molecule has 0 spiro atoms. The number of hydrogen-bond acceptors (Lipinski definition) is 5. The topological polar surface area (TPSA) is 84.9 Å². The Morgan fingerprint density at radius 3 is 2.33 bits per heavy atom. The molecule has 2 unspecified atom stereocenters. The summed E-state index contributed by atoms with van der Waals surface area (Å²) < 4.78 is 37.0. The lowest BCUT2D eigenvalue weighted by Gasteiger charge is -2.29. The maximum Gasteiger partial charge on any atom is 0.244 e. The van der Waals surface area contributed by atoms with E-state index < -0.39 is 22.0 Å². The minimum atomic E-state index is -3.77. The van der Waals surface area contributed by atoms with Crippen LogP contribution in [0.15, 0.2) is 36.4 Å². The third kappa shape index (κ3) is 4.94. The lowest BCUT2D eigenvalue weighted by Crippen LogP contribution is -2.48. The Morgan fingerprint density at radius 1 is 1.03 bits per heavy atom. The van der Waals surface area contributed by atoms with Crippen molar-refractivity contribution < 1.29 is 22.7 Å². The quantitative estimate of drug-likeness (QED) is 0.690. The average molecular weight is 473 g/mol. The van der Waals surface area contributed by atoms with Crippen molar-refractivity contribution in [1.82, 2.24) is 5.32 Å². The van der Waals surface area contributed by atoms with Crippen molar-refractivity contribution in [2.24, 2.45) is 0 Å². The number of sulfonamides is 1. The van der Waals surface area contributed by atoms with Gasteiger partial charge in [0, 0.05) is 0 Å². The number of rotatable bonds is 6. The number of nitrogens with one attached hydrogen (secondary N) is 1. The minimum Gasteiger partial charge on any atom is -0.486 e. The second kappa shape index (κ2) is 8.91. The first kappa shape index (κ1) is 22.5. The minimum absolute atomic E-state index is 0.195. The number of halogens is 2. The van der Waals surface area contributed by atoms with Gasteiger partial charge in [0.1, 0.15) is 19.3 Å². The van der Waals surface area contributed by atoms with Crippen LogP contribution in [0.4, 0.5) is 5.69 Å². The molecule has 1 heterocycles. The number of anilines is 1. The van der Waals surface area contributed by atoms with Gasteiger partial charge in [-0.2, -0.15) is 0 Å². The van der Waals surface area contributed by atoms with Crippen LogP contribution in [-0.2, 0) is 14.8 Å². The van der Waals surface area contributed by atoms with E-state index in [-0.39, 0.29) is 16.8 Å². The highest BCUT2D eigenvalue weighted by Crippen LogP contribution is 2.33. The molecule has 2 aromatic rings. The van der Waals surface area contributed by atoms with Gasteiger partial charge in [0.05, 0.1) is 28.0 Å². The smallest absolute Gasteiger partial charge is 0.244 e. The summed E-state index contributed by atoms with van der Waals surface area (Å²) in [7, 11) is -3.77. The zero-order valence-electron chi connectivity index (χ0n) is 16.7. The molecule has 0 radical (unpaired) electrons. The molecule has 162 valence electrons. The van der Waals surface area contributed by atoms with E-state index in [1.807, 2.05) is 6.07 Å². The van der Waals surface area contributed by atoms with E-state index >= 15 is 0 Å². The Bertz CT molecular complexity index is 1060. The fourth-order valence-corrected chi connectivity index (χ4v) is 4.64. The van der Waals surface area contributed by atoms with Crippen LogP contribution in [0.1, 0.15) is 25.5 Å².